The van der Waals surface area contributed by atoms with Gasteiger partial charge in [-0.25, -0.2) is 4.39 Å². The monoisotopic (exact) mass is 296 g/mol. The molecule has 0 amide bonds. The molecule has 0 saturated carbocycles. The number of aryl methyl sites for hydroxylation is 1. The van der Waals surface area contributed by atoms with Gasteiger partial charge >= 0.3 is 6.61 Å². The standard InChI is InChI=1S/C15H15F3N2O/c1-8-4-3-5-12(9(8)2)20-13-7-14(21-15(17)18)10(16)6-11(13)19/h3-7,15,20H,19H2,1-2H3. The van der Waals surface area contributed by atoms with Crippen LogP contribution in [0, 0.1) is 19.7 Å². The number of alkyl halides is 2. The number of nitrogens with two attached hydrogens (primary N) is 1. The van der Waals surface area contributed by atoms with Gasteiger partial charge in [0.25, 0.3) is 0 Å². The van der Waals surface area contributed by atoms with Gasteiger partial charge in [0, 0.05) is 17.8 Å². The number of hydrogen-bond acceptors (Lipinski definition) is 3. The van der Waals surface area contributed by atoms with Crippen molar-refractivity contribution in [1.29, 1.82) is 0 Å². The summed E-state index contributed by atoms with van der Waals surface area (Å²) in [6, 6.07) is 7.68. The van der Waals surface area contributed by atoms with Crippen molar-refractivity contribution in [2.24, 2.45) is 0 Å². The predicted octanol–water partition coefficient (Wildman–Crippen LogP) is 4.37. The van der Waals surface area contributed by atoms with E-state index >= 15 is 0 Å². The molecule has 2 rings (SSSR count). The summed E-state index contributed by atoms with van der Waals surface area (Å²) >= 11 is 0. The second kappa shape index (κ2) is 5.95. The highest BCUT2D eigenvalue weighted by molar-refractivity contribution is 5.75. The summed E-state index contributed by atoms with van der Waals surface area (Å²) in [6.45, 7) is 0.755. The molecule has 0 heterocycles. The summed E-state index contributed by atoms with van der Waals surface area (Å²) in [7, 11) is 0. The number of anilines is 3. The minimum absolute atomic E-state index is 0.107. The van der Waals surface area contributed by atoms with Crippen molar-refractivity contribution in [3.8, 4) is 5.75 Å². The van der Waals surface area contributed by atoms with Gasteiger partial charge in [0.2, 0.25) is 0 Å². The van der Waals surface area contributed by atoms with Crippen molar-refractivity contribution in [2.45, 2.75) is 20.5 Å². The predicted molar refractivity (Wildman–Crippen MR) is 76.6 cm³/mol. The van der Waals surface area contributed by atoms with Crippen molar-refractivity contribution in [2.75, 3.05) is 11.1 Å². The summed E-state index contributed by atoms with van der Waals surface area (Å²) in [5.74, 6) is -1.48. The maximum atomic E-state index is 13.5. The number of halogens is 3. The molecule has 0 radical (unpaired) electrons. The third-order valence-corrected chi connectivity index (χ3v) is 3.19. The Morgan fingerprint density at radius 1 is 1.14 bits per heavy atom. The number of nitrogens with one attached hydrogen (secondary N) is 1. The average molecular weight is 296 g/mol. The van der Waals surface area contributed by atoms with Crippen molar-refractivity contribution in [3.05, 3.63) is 47.3 Å². The highest BCUT2D eigenvalue weighted by Gasteiger charge is 2.14. The summed E-state index contributed by atoms with van der Waals surface area (Å²) in [4.78, 5) is 0. The molecule has 0 aromatic heterocycles. The van der Waals surface area contributed by atoms with E-state index in [9.17, 15) is 13.2 Å². The Morgan fingerprint density at radius 2 is 1.86 bits per heavy atom. The molecule has 0 atom stereocenters. The molecular formula is C15H15F3N2O. The number of hydrogen-bond donors (Lipinski definition) is 2. The zero-order valence-corrected chi connectivity index (χ0v) is 11.6. The normalized spacial score (nSPS) is 10.8. The number of ether oxygens (including phenoxy) is 1. The Kier molecular flexibility index (Phi) is 4.26. The fourth-order valence-electron chi connectivity index (χ4n) is 1.89. The third kappa shape index (κ3) is 3.39. The summed E-state index contributed by atoms with van der Waals surface area (Å²) in [6.07, 6.45) is 0. The van der Waals surface area contributed by atoms with Crippen LogP contribution in [-0.4, -0.2) is 6.61 Å². The van der Waals surface area contributed by atoms with Crippen LogP contribution in [-0.2, 0) is 0 Å². The topological polar surface area (TPSA) is 47.3 Å². The smallest absolute Gasteiger partial charge is 0.387 e. The summed E-state index contributed by atoms with van der Waals surface area (Å²) < 4.78 is 42.1. The lowest BCUT2D eigenvalue weighted by molar-refractivity contribution is -0.0521. The minimum Gasteiger partial charge on any atom is -0.432 e. The first-order valence-electron chi connectivity index (χ1n) is 6.25. The Morgan fingerprint density at radius 3 is 2.52 bits per heavy atom. The lowest BCUT2D eigenvalue weighted by Crippen LogP contribution is -2.06. The van der Waals surface area contributed by atoms with Crippen LogP contribution in [0.4, 0.5) is 30.2 Å². The zero-order chi connectivity index (χ0) is 15.6. The van der Waals surface area contributed by atoms with Crippen LogP contribution < -0.4 is 15.8 Å². The fourth-order valence-corrected chi connectivity index (χ4v) is 1.89. The molecule has 0 saturated heterocycles. The highest BCUT2D eigenvalue weighted by Crippen LogP contribution is 2.32. The molecule has 0 fully saturated rings. The molecule has 0 aliphatic heterocycles. The van der Waals surface area contributed by atoms with Gasteiger partial charge in [-0.15, -0.1) is 0 Å². The molecule has 2 aromatic rings. The van der Waals surface area contributed by atoms with Crippen LogP contribution >= 0.6 is 0 Å². The van der Waals surface area contributed by atoms with Gasteiger partial charge in [0.1, 0.15) is 0 Å². The van der Waals surface area contributed by atoms with E-state index in [1.165, 1.54) is 0 Å². The lowest BCUT2D eigenvalue weighted by Gasteiger charge is -2.15. The highest BCUT2D eigenvalue weighted by atomic mass is 19.3. The van der Waals surface area contributed by atoms with E-state index < -0.39 is 18.2 Å². The second-order valence-corrected chi connectivity index (χ2v) is 4.62. The molecule has 3 N–H and O–H groups in total. The molecule has 0 aliphatic carbocycles. The van der Waals surface area contributed by atoms with Gasteiger partial charge in [0.05, 0.1) is 11.4 Å². The van der Waals surface area contributed by atoms with Crippen molar-refractivity contribution in [1.82, 2.24) is 0 Å². The molecular weight excluding hydrogens is 281 g/mol. The van der Waals surface area contributed by atoms with Gasteiger partial charge in [-0.1, -0.05) is 12.1 Å². The van der Waals surface area contributed by atoms with Gasteiger partial charge in [-0.2, -0.15) is 8.78 Å². The van der Waals surface area contributed by atoms with Gasteiger partial charge in [-0.3, -0.25) is 0 Å². The number of benzene rings is 2. The molecule has 112 valence electrons. The molecule has 6 heteroatoms. The Bertz CT molecular complexity index is 660. The van der Waals surface area contributed by atoms with Crippen molar-refractivity contribution >= 4 is 17.1 Å². The lowest BCUT2D eigenvalue weighted by atomic mass is 10.1. The quantitative estimate of drug-likeness (QED) is 0.824. The molecule has 0 aliphatic rings. The summed E-state index contributed by atoms with van der Waals surface area (Å²) in [5.41, 5.74) is 8.93. The third-order valence-electron chi connectivity index (χ3n) is 3.19. The second-order valence-electron chi connectivity index (χ2n) is 4.62. The zero-order valence-electron chi connectivity index (χ0n) is 11.6. The first kappa shape index (κ1) is 15.0. The van der Waals surface area contributed by atoms with Crippen molar-refractivity contribution in [3.63, 3.8) is 0 Å². The largest absolute Gasteiger partial charge is 0.432 e. The van der Waals surface area contributed by atoms with Crippen LogP contribution in [0.5, 0.6) is 5.75 Å². The molecule has 3 nitrogen and oxygen atoms in total. The average Bonchev–Trinajstić information content (AvgIpc) is 2.40. The molecule has 2 aromatic carbocycles. The van der Waals surface area contributed by atoms with Crippen LogP contribution in [0.15, 0.2) is 30.3 Å². The van der Waals surface area contributed by atoms with E-state index in [4.69, 9.17) is 5.73 Å². The van der Waals surface area contributed by atoms with E-state index in [0.29, 0.717) is 5.69 Å². The molecule has 0 spiro atoms. The van der Waals surface area contributed by atoms with Gasteiger partial charge in [-0.05, 0) is 31.0 Å². The van der Waals surface area contributed by atoms with E-state index in [-0.39, 0.29) is 5.69 Å². The Balaban J connectivity index is 2.37. The van der Waals surface area contributed by atoms with Gasteiger partial charge in [0.15, 0.2) is 11.6 Å². The fraction of sp³-hybridized carbons (Fsp3) is 0.200. The Labute approximate surface area is 120 Å². The van der Waals surface area contributed by atoms with Crippen LogP contribution in [0.1, 0.15) is 11.1 Å². The number of rotatable bonds is 4. The van der Waals surface area contributed by atoms with Crippen molar-refractivity contribution < 1.29 is 17.9 Å². The van der Waals surface area contributed by atoms with Crippen LogP contribution in [0.25, 0.3) is 0 Å². The minimum atomic E-state index is -3.10. The molecule has 0 bridgehead atoms. The first-order chi connectivity index (χ1) is 9.88. The number of nitrogen functional groups attached to an aromatic ring is 1. The maximum absolute atomic E-state index is 13.5. The van der Waals surface area contributed by atoms with Gasteiger partial charge < -0.3 is 15.8 Å². The summed E-state index contributed by atoms with van der Waals surface area (Å²) in [5, 5.41) is 3.01. The van der Waals surface area contributed by atoms with E-state index in [2.05, 4.69) is 10.1 Å². The Hall–Kier alpha value is -2.37. The first-order valence-corrected chi connectivity index (χ1v) is 6.25. The van der Waals surface area contributed by atoms with Crippen LogP contribution in [0.2, 0.25) is 0 Å². The SMILES string of the molecule is Cc1cccc(Nc2cc(OC(F)F)c(F)cc2N)c1C. The van der Waals surface area contributed by atoms with E-state index in [0.717, 1.165) is 28.9 Å². The maximum Gasteiger partial charge on any atom is 0.387 e. The molecule has 0 unspecified atom stereocenters. The molecule has 21 heavy (non-hydrogen) atoms. The van der Waals surface area contributed by atoms with Crippen LogP contribution in [0.3, 0.4) is 0 Å². The van der Waals surface area contributed by atoms with E-state index in [1.807, 2.05) is 32.0 Å². The van der Waals surface area contributed by atoms with E-state index in [1.54, 1.807) is 0 Å².